The lowest BCUT2D eigenvalue weighted by atomic mass is 10.3. The summed E-state index contributed by atoms with van der Waals surface area (Å²) in [4.78, 5) is 10.7. The van der Waals surface area contributed by atoms with E-state index in [0.29, 0.717) is 18.1 Å². The first-order valence-corrected chi connectivity index (χ1v) is 5.95. The molecule has 0 atom stereocenters. The smallest absolute Gasteiger partial charge is 0.333 e. The van der Waals surface area contributed by atoms with E-state index in [1.54, 1.807) is 11.6 Å². The van der Waals surface area contributed by atoms with Crippen molar-refractivity contribution >= 4 is 11.5 Å². The molecule has 1 N–H and O–H groups in total. The number of hydrogen-bond donors (Lipinski definition) is 1. The van der Waals surface area contributed by atoms with Crippen LogP contribution in [-0.4, -0.2) is 41.8 Å². The van der Waals surface area contributed by atoms with Gasteiger partial charge in [-0.1, -0.05) is 0 Å². The highest BCUT2D eigenvalue weighted by Crippen LogP contribution is 2.30. The van der Waals surface area contributed by atoms with Crippen LogP contribution in [-0.2, 0) is 9.47 Å². The van der Waals surface area contributed by atoms with Crippen molar-refractivity contribution in [2.75, 3.05) is 26.1 Å². The summed E-state index contributed by atoms with van der Waals surface area (Å²) in [7, 11) is 3.02. The molecule has 0 fully saturated rings. The predicted molar refractivity (Wildman–Crippen MR) is 70.3 cm³/mol. The number of rotatable bonds is 7. The van der Waals surface area contributed by atoms with Crippen molar-refractivity contribution in [2.24, 2.45) is 0 Å². The molecule has 0 saturated heterocycles. The second-order valence-corrected chi connectivity index (χ2v) is 4.36. The normalized spacial score (nSPS) is 11.3. The minimum Gasteiger partial charge on any atom is -0.359 e. The average Bonchev–Trinajstić information content (AvgIpc) is 2.67. The van der Waals surface area contributed by atoms with Crippen LogP contribution in [0.1, 0.15) is 25.6 Å². The monoisotopic (exact) mass is 272 g/mol. The molecule has 19 heavy (non-hydrogen) atoms. The minimum atomic E-state index is -0.476. The quantitative estimate of drug-likeness (QED) is 0.461. The van der Waals surface area contributed by atoms with E-state index in [4.69, 9.17) is 9.47 Å². The van der Waals surface area contributed by atoms with Gasteiger partial charge in [-0.05, 0) is 20.8 Å². The maximum atomic E-state index is 11.1. The number of nitro groups is 1. The van der Waals surface area contributed by atoms with Crippen LogP contribution >= 0.6 is 0 Å². The van der Waals surface area contributed by atoms with Crippen molar-refractivity contribution in [3.05, 3.63) is 15.8 Å². The molecule has 0 spiro atoms. The van der Waals surface area contributed by atoms with E-state index in [2.05, 4.69) is 10.4 Å². The van der Waals surface area contributed by atoms with Crippen LogP contribution in [0, 0.1) is 17.0 Å². The third-order valence-electron chi connectivity index (χ3n) is 2.69. The van der Waals surface area contributed by atoms with E-state index in [-0.39, 0.29) is 11.7 Å². The molecular weight excluding hydrogens is 252 g/mol. The van der Waals surface area contributed by atoms with Crippen molar-refractivity contribution in [2.45, 2.75) is 33.1 Å². The first kappa shape index (κ1) is 15.4. The van der Waals surface area contributed by atoms with Gasteiger partial charge in [0.25, 0.3) is 0 Å². The maximum absolute atomic E-state index is 11.1. The molecule has 0 aliphatic rings. The van der Waals surface area contributed by atoms with Crippen LogP contribution in [0.2, 0.25) is 0 Å². The van der Waals surface area contributed by atoms with Gasteiger partial charge in [-0.3, -0.25) is 10.1 Å². The van der Waals surface area contributed by atoms with Crippen LogP contribution in [0.3, 0.4) is 0 Å². The number of nitrogens with one attached hydrogen (secondary N) is 1. The Hall–Kier alpha value is -1.67. The Labute approximate surface area is 111 Å². The third kappa shape index (κ3) is 3.42. The van der Waals surface area contributed by atoms with Gasteiger partial charge in [0, 0.05) is 20.3 Å². The fourth-order valence-corrected chi connectivity index (χ4v) is 1.74. The van der Waals surface area contributed by atoms with Gasteiger partial charge in [-0.25, -0.2) is 4.68 Å². The molecule has 0 radical (unpaired) electrons. The van der Waals surface area contributed by atoms with Gasteiger partial charge in [-0.15, -0.1) is 0 Å². The summed E-state index contributed by atoms with van der Waals surface area (Å²) < 4.78 is 11.7. The summed E-state index contributed by atoms with van der Waals surface area (Å²) in [5.74, 6) is 0.372. The molecule has 0 amide bonds. The van der Waals surface area contributed by atoms with Crippen LogP contribution < -0.4 is 5.32 Å². The molecule has 0 aliphatic heterocycles. The number of aromatic nitrogens is 2. The zero-order valence-electron chi connectivity index (χ0n) is 11.8. The van der Waals surface area contributed by atoms with Gasteiger partial charge < -0.3 is 14.8 Å². The Morgan fingerprint density at radius 3 is 2.42 bits per heavy atom. The second-order valence-electron chi connectivity index (χ2n) is 4.36. The summed E-state index contributed by atoms with van der Waals surface area (Å²) in [5.41, 5.74) is 0.368. The van der Waals surface area contributed by atoms with Gasteiger partial charge in [0.2, 0.25) is 5.82 Å². The van der Waals surface area contributed by atoms with Gasteiger partial charge in [0.05, 0.1) is 11.5 Å². The highest BCUT2D eigenvalue weighted by molar-refractivity contribution is 5.59. The number of anilines is 1. The van der Waals surface area contributed by atoms with E-state index in [1.807, 2.05) is 13.8 Å². The Morgan fingerprint density at radius 1 is 1.42 bits per heavy atom. The average molecular weight is 272 g/mol. The van der Waals surface area contributed by atoms with Crippen LogP contribution in [0.4, 0.5) is 11.5 Å². The van der Waals surface area contributed by atoms with Gasteiger partial charge in [0.15, 0.2) is 6.29 Å². The van der Waals surface area contributed by atoms with Crippen molar-refractivity contribution < 1.29 is 14.4 Å². The lowest BCUT2D eigenvalue weighted by Gasteiger charge is -2.16. The third-order valence-corrected chi connectivity index (χ3v) is 2.69. The molecule has 1 aromatic rings. The molecule has 8 heteroatoms. The first-order chi connectivity index (χ1) is 8.92. The lowest BCUT2D eigenvalue weighted by Crippen LogP contribution is -2.25. The number of nitrogens with zero attached hydrogens (tertiary/aromatic N) is 3. The molecule has 0 bridgehead atoms. The van der Waals surface area contributed by atoms with E-state index in [1.165, 1.54) is 14.2 Å². The Morgan fingerprint density at radius 2 is 2.00 bits per heavy atom. The Kier molecular flexibility index (Phi) is 5.25. The topological polar surface area (TPSA) is 91.5 Å². The predicted octanol–water partition coefficient (Wildman–Crippen LogP) is 1.71. The number of ether oxygens (including phenoxy) is 2. The summed E-state index contributed by atoms with van der Waals surface area (Å²) >= 11 is 0. The second kappa shape index (κ2) is 6.48. The number of aryl methyl sites for hydroxylation is 1. The zero-order valence-corrected chi connectivity index (χ0v) is 11.8. The highest BCUT2D eigenvalue weighted by atomic mass is 16.7. The molecule has 1 aromatic heterocycles. The largest absolute Gasteiger partial charge is 0.359 e. The highest BCUT2D eigenvalue weighted by Gasteiger charge is 2.26. The Bertz CT molecular complexity index is 440. The van der Waals surface area contributed by atoms with Crippen molar-refractivity contribution in [3.63, 3.8) is 0 Å². The fraction of sp³-hybridized carbons (Fsp3) is 0.727. The van der Waals surface area contributed by atoms with E-state index < -0.39 is 11.2 Å². The van der Waals surface area contributed by atoms with Crippen molar-refractivity contribution in [1.82, 2.24) is 9.78 Å². The molecule has 0 saturated carbocycles. The van der Waals surface area contributed by atoms with Gasteiger partial charge in [-0.2, -0.15) is 5.10 Å². The molecule has 1 rings (SSSR count). The van der Waals surface area contributed by atoms with Crippen LogP contribution in [0.5, 0.6) is 0 Å². The zero-order chi connectivity index (χ0) is 14.6. The van der Waals surface area contributed by atoms with E-state index in [0.717, 1.165) is 0 Å². The van der Waals surface area contributed by atoms with Crippen LogP contribution in [0.25, 0.3) is 0 Å². The number of hydrogen-bond acceptors (Lipinski definition) is 6. The standard InChI is InChI=1S/C11H20N4O4/c1-7(2)14-11(12-6-9(18-4)19-5)10(15(16)17)8(3)13-14/h7,9,12H,6H2,1-5H3. The van der Waals surface area contributed by atoms with Crippen LogP contribution in [0.15, 0.2) is 0 Å². The molecular formula is C11H20N4O4. The minimum absolute atomic E-state index is 0.0124. The molecule has 0 aliphatic carbocycles. The van der Waals surface area contributed by atoms with Gasteiger partial charge >= 0.3 is 5.69 Å². The Balaban J connectivity index is 3.05. The lowest BCUT2D eigenvalue weighted by molar-refractivity contribution is -0.384. The van der Waals surface area contributed by atoms with E-state index >= 15 is 0 Å². The van der Waals surface area contributed by atoms with Crippen molar-refractivity contribution in [1.29, 1.82) is 0 Å². The first-order valence-electron chi connectivity index (χ1n) is 5.95. The SMILES string of the molecule is COC(CNc1c([N+](=O)[O-])c(C)nn1C(C)C)OC. The molecule has 0 unspecified atom stereocenters. The summed E-state index contributed by atoms with van der Waals surface area (Å²) in [6.07, 6.45) is -0.476. The van der Waals surface area contributed by atoms with Crippen molar-refractivity contribution in [3.8, 4) is 0 Å². The summed E-state index contributed by atoms with van der Waals surface area (Å²) in [6.45, 7) is 5.73. The maximum Gasteiger partial charge on any atom is 0.333 e. The fourth-order valence-electron chi connectivity index (χ4n) is 1.74. The summed E-state index contributed by atoms with van der Waals surface area (Å²) in [5, 5.41) is 18.3. The molecule has 0 aromatic carbocycles. The number of methoxy groups -OCH3 is 2. The molecule has 8 nitrogen and oxygen atoms in total. The van der Waals surface area contributed by atoms with E-state index in [9.17, 15) is 10.1 Å². The van der Waals surface area contributed by atoms with Gasteiger partial charge in [0.1, 0.15) is 5.69 Å². The molecule has 1 heterocycles. The summed E-state index contributed by atoms with van der Waals surface area (Å²) in [6, 6.07) is 0.0124. The molecule has 108 valence electrons.